The average Bonchev–Trinajstić information content (AvgIpc) is 2.69. The molecule has 146 valence electrons. The van der Waals surface area contributed by atoms with Crippen molar-refractivity contribution in [1.82, 2.24) is 0 Å². The van der Waals surface area contributed by atoms with Gasteiger partial charge in [-0.2, -0.15) is 0 Å². The summed E-state index contributed by atoms with van der Waals surface area (Å²) in [4.78, 5) is 0. The molecule has 0 spiro atoms. The fourth-order valence-electron chi connectivity index (χ4n) is 3.23. The van der Waals surface area contributed by atoms with Gasteiger partial charge in [-0.25, -0.2) is 0 Å². The molecule has 0 unspecified atom stereocenters. The topological polar surface area (TPSA) is 27.7 Å². The summed E-state index contributed by atoms with van der Waals surface area (Å²) in [5, 5.41) is 0. The Morgan fingerprint density at radius 3 is 2.19 bits per heavy atom. The molecule has 0 saturated carbocycles. The van der Waals surface area contributed by atoms with Crippen LogP contribution in [0.15, 0.2) is 67.3 Å². The molecule has 2 aromatic rings. The molecule has 0 heterocycles. The van der Waals surface area contributed by atoms with Crippen LogP contribution in [0.2, 0.25) is 0 Å². The van der Waals surface area contributed by atoms with E-state index < -0.39 is 0 Å². The first-order valence-corrected chi connectivity index (χ1v) is 9.61. The van der Waals surface area contributed by atoms with E-state index in [1.807, 2.05) is 48.5 Å². The Morgan fingerprint density at radius 2 is 1.56 bits per heavy atom. The summed E-state index contributed by atoms with van der Waals surface area (Å²) in [5.41, 5.74) is 2.34. The molecule has 3 atom stereocenters. The van der Waals surface area contributed by atoms with Crippen LogP contribution in [-0.4, -0.2) is 19.8 Å². The lowest BCUT2D eigenvalue weighted by Crippen LogP contribution is -2.31. The summed E-state index contributed by atoms with van der Waals surface area (Å²) in [5.74, 6) is 1.54. The normalized spacial score (nSPS) is 14.3. The predicted octanol–water partition coefficient (Wildman–Crippen LogP) is 5.65. The zero-order valence-electron chi connectivity index (χ0n) is 16.8. The molecule has 27 heavy (non-hydrogen) atoms. The minimum absolute atomic E-state index is 0.112. The van der Waals surface area contributed by atoms with E-state index in [-0.39, 0.29) is 6.10 Å². The van der Waals surface area contributed by atoms with Crippen molar-refractivity contribution in [2.24, 2.45) is 11.8 Å². The molecule has 0 radical (unpaired) electrons. The maximum Gasteiger partial charge on any atom is 0.118 e. The van der Waals surface area contributed by atoms with E-state index in [0.29, 0.717) is 31.7 Å². The van der Waals surface area contributed by atoms with Crippen LogP contribution in [-0.2, 0) is 22.7 Å². The van der Waals surface area contributed by atoms with E-state index in [2.05, 4.69) is 32.6 Å². The number of ether oxygens (including phenoxy) is 3. The third-order valence-electron chi connectivity index (χ3n) is 4.75. The van der Waals surface area contributed by atoms with Crippen molar-refractivity contribution in [2.75, 3.05) is 13.7 Å². The van der Waals surface area contributed by atoms with Crippen LogP contribution in [0.25, 0.3) is 0 Å². The molecule has 0 aliphatic heterocycles. The van der Waals surface area contributed by atoms with E-state index in [0.717, 1.165) is 17.7 Å². The van der Waals surface area contributed by atoms with Crippen LogP contribution in [0.5, 0.6) is 5.75 Å². The van der Waals surface area contributed by atoms with Crippen molar-refractivity contribution in [2.45, 2.75) is 39.6 Å². The van der Waals surface area contributed by atoms with Crippen molar-refractivity contribution in [3.63, 3.8) is 0 Å². The second-order valence-electron chi connectivity index (χ2n) is 7.10. The number of allylic oxidation sites excluding steroid dienone is 1. The SMILES string of the molecule is C=CC[C@H](C)[C@@H](OCc1ccc(OC)cc1)[C@@H](C)COCc1ccccc1. The van der Waals surface area contributed by atoms with Gasteiger partial charge in [-0.3, -0.25) is 0 Å². The first-order chi connectivity index (χ1) is 13.1. The fraction of sp³-hybridized carbons (Fsp3) is 0.417. The van der Waals surface area contributed by atoms with E-state index >= 15 is 0 Å². The van der Waals surface area contributed by atoms with E-state index in [1.54, 1.807) is 7.11 Å². The van der Waals surface area contributed by atoms with Crippen LogP contribution in [0.1, 0.15) is 31.4 Å². The molecule has 0 amide bonds. The van der Waals surface area contributed by atoms with Crippen LogP contribution >= 0.6 is 0 Å². The smallest absolute Gasteiger partial charge is 0.118 e. The van der Waals surface area contributed by atoms with Crippen LogP contribution in [0.3, 0.4) is 0 Å². The first-order valence-electron chi connectivity index (χ1n) is 9.61. The standard InChI is InChI=1S/C24H32O3/c1-5-9-19(2)24(27-18-22-12-14-23(25-4)15-13-22)20(3)16-26-17-21-10-7-6-8-11-21/h5-8,10-15,19-20,24H,1,9,16-18H2,2-4H3/t19-,20-,24+/m0/s1. The molecule has 0 aliphatic rings. The molecule has 3 heteroatoms. The zero-order chi connectivity index (χ0) is 19.5. The predicted molar refractivity (Wildman–Crippen MR) is 111 cm³/mol. The Kier molecular flexibility index (Phi) is 9.09. The van der Waals surface area contributed by atoms with Gasteiger partial charge in [-0.05, 0) is 35.6 Å². The van der Waals surface area contributed by atoms with Gasteiger partial charge in [-0.15, -0.1) is 6.58 Å². The maximum atomic E-state index is 6.31. The largest absolute Gasteiger partial charge is 0.497 e. The van der Waals surface area contributed by atoms with Gasteiger partial charge in [0.05, 0.1) is 33.0 Å². The molecule has 0 aromatic heterocycles. The van der Waals surface area contributed by atoms with Crippen molar-refractivity contribution >= 4 is 0 Å². The number of hydrogen-bond donors (Lipinski definition) is 0. The molecule has 2 aromatic carbocycles. The monoisotopic (exact) mass is 368 g/mol. The molecule has 0 bridgehead atoms. The van der Waals surface area contributed by atoms with Gasteiger partial charge in [0.15, 0.2) is 0 Å². The molecular weight excluding hydrogens is 336 g/mol. The summed E-state index contributed by atoms with van der Waals surface area (Å²) in [6, 6.07) is 18.3. The Hall–Kier alpha value is -2.10. The Labute approximate surface area is 164 Å². The fourth-order valence-corrected chi connectivity index (χ4v) is 3.23. The first kappa shape index (κ1) is 21.2. The minimum atomic E-state index is 0.112. The summed E-state index contributed by atoms with van der Waals surface area (Å²) < 4.78 is 17.5. The lowest BCUT2D eigenvalue weighted by Gasteiger charge is -2.29. The van der Waals surface area contributed by atoms with Crippen molar-refractivity contribution in [3.05, 3.63) is 78.4 Å². The number of benzene rings is 2. The van der Waals surface area contributed by atoms with Gasteiger partial charge < -0.3 is 14.2 Å². The molecular formula is C24H32O3. The highest BCUT2D eigenvalue weighted by molar-refractivity contribution is 5.26. The molecule has 3 nitrogen and oxygen atoms in total. The van der Waals surface area contributed by atoms with Crippen molar-refractivity contribution in [1.29, 1.82) is 0 Å². The highest BCUT2D eigenvalue weighted by Crippen LogP contribution is 2.23. The van der Waals surface area contributed by atoms with E-state index in [1.165, 1.54) is 5.56 Å². The van der Waals surface area contributed by atoms with Gasteiger partial charge in [0, 0.05) is 5.92 Å². The van der Waals surface area contributed by atoms with Gasteiger partial charge in [0.2, 0.25) is 0 Å². The van der Waals surface area contributed by atoms with E-state index in [9.17, 15) is 0 Å². The number of hydrogen-bond acceptors (Lipinski definition) is 3. The summed E-state index contributed by atoms with van der Waals surface area (Å²) in [6.07, 6.45) is 3.00. The molecule has 2 rings (SSSR count). The number of methoxy groups -OCH3 is 1. The van der Waals surface area contributed by atoms with Gasteiger partial charge in [-0.1, -0.05) is 62.4 Å². The van der Waals surface area contributed by atoms with Crippen molar-refractivity contribution < 1.29 is 14.2 Å². The van der Waals surface area contributed by atoms with Crippen molar-refractivity contribution in [3.8, 4) is 5.75 Å². The highest BCUT2D eigenvalue weighted by Gasteiger charge is 2.24. The molecule has 0 N–H and O–H groups in total. The Morgan fingerprint density at radius 1 is 0.889 bits per heavy atom. The third-order valence-corrected chi connectivity index (χ3v) is 4.75. The van der Waals surface area contributed by atoms with Crippen LogP contribution in [0.4, 0.5) is 0 Å². The molecule has 0 aliphatic carbocycles. The van der Waals surface area contributed by atoms with Crippen LogP contribution < -0.4 is 4.74 Å². The zero-order valence-corrected chi connectivity index (χ0v) is 16.8. The average molecular weight is 369 g/mol. The van der Waals surface area contributed by atoms with Gasteiger partial charge >= 0.3 is 0 Å². The summed E-state index contributed by atoms with van der Waals surface area (Å²) in [7, 11) is 1.68. The lowest BCUT2D eigenvalue weighted by molar-refractivity contribution is -0.0541. The second-order valence-corrected chi connectivity index (χ2v) is 7.10. The second kappa shape index (κ2) is 11.6. The molecule has 0 fully saturated rings. The van der Waals surface area contributed by atoms with E-state index in [4.69, 9.17) is 14.2 Å². The Bertz CT molecular complexity index is 651. The van der Waals surface area contributed by atoms with Gasteiger partial charge in [0.1, 0.15) is 5.75 Å². The molecule has 0 saturated heterocycles. The maximum absolute atomic E-state index is 6.31. The highest BCUT2D eigenvalue weighted by atomic mass is 16.5. The van der Waals surface area contributed by atoms with Gasteiger partial charge in [0.25, 0.3) is 0 Å². The summed E-state index contributed by atoms with van der Waals surface area (Å²) >= 11 is 0. The lowest BCUT2D eigenvalue weighted by atomic mass is 9.91. The summed E-state index contributed by atoms with van der Waals surface area (Å²) in [6.45, 7) is 10.2. The number of rotatable bonds is 12. The van der Waals surface area contributed by atoms with Crippen LogP contribution in [0, 0.1) is 11.8 Å². The Balaban J connectivity index is 1.89. The minimum Gasteiger partial charge on any atom is -0.497 e. The third kappa shape index (κ3) is 7.20. The quantitative estimate of drug-likeness (QED) is 0.453.